The summed E-state index contributed by atoms with van der Waals surface area (Å²) in [5, 5.41) is 40.3. The first-order valence-electron chi connectivity index (χ1n) is 13.4. The predicted molar refractivity (Wildman–Crippen MR) is 144 cm³/mol. The van der Waals surface area contributed by atoms with Crippen molar-refractivity contribution in [2.24, 2.45) is 0 Å². The molecule has 3 aromatic rings. The van der Waals surface area contributed by atoms with Crippen molar-refractivity contribution in [1.29, 1.82) is 0 Å². The first-order valence-corrected chi connectivity index (χ1v) is 13.7. The average Bonchev–Trinajstić information content (AvgIpc) is 3.60. The highest BCUT2D eigenvalue weighted by Gasteiger charge is 2.52. The molecule has 0 spiro atoms. The van der Waals surface area contributed by atoms with Gasteiger partial charge >= 0.3 is 0 Å². The maximum absolute atomic E-state index is 14.3. The number of benzene rings is 2. The van der Waals surface area contributed by atoms with Gasteiger partial charge in [-0.3, -0.25) is 4.79 Å². The Labute approximate surface area is 244 Å². The van der Waals surface area contributed by atoms with E-state index in [9.17, 15) is 33.3 Å². The lowest BCUT2D eigenvalue weighted by Crippen LogP contribution is -2.62. The maximum Gasteiger partial charge on any atom is 0.259 e. The molecule has 7 atom stereocenters. The summed E-state index contributed by atoms with van der Waals surface area (Å²) in [4.78, 5) is 15.8. The Hall–Kier alpha value is -3.07. The van der Waals surface area contributed by atoms with Gasteiger partial charge in [0.1, 0.15) is 30.0 Å². The molecule has 2 aliphatic rings. The second kappa shape index (κ2) is 12.3. The van der Waals surface area contributed by atoms with Crippen molar-refractivity contribution >= 4 is 23.2 Å². The van der Waals surface area contributed by atoms with Crippen LogP contribution in [0.25, 0.3) is 11.3 Å². The summed E-state index contributed by atoms with van der Waals surface area (Å²) in [7, 11) is 1.30. The number of anilines is 1. The number of carbonyl (C=O) groups excluding carboxylic acids is 1. The minimum atomic E-state index is -1.63. The Balaban J connectivity index is 1.54. The summed E-state index contributed by atoms with van der Waals surface area (Å²) in [5.74, 6) is -5.08. The normalized spacial score (nSPS) is 27.8. The van der Waals surface area contributed by atoms with Crippen molar-refractivity contribution in [2.75, 3.05) is 18.6 Å². The quantitative estimate of drug-likeness (QED) is 0.348. The van der Waals surface area contributed by atoms with Gasteiger partial charge in [0, 0.05) is 23.4 Å². The van der Waals surface area contributed by atoms with Gasteiger partial charge in [0.05, 0.1) is 24.9 Å². The van der Waals surface area contributed by atoms with E-state index in [0.29, 0.717) is 30.0 Å². The molecule has 2 aromatic carbocycles. The highest BCUT2D eigenvalue weighted by molar-refractivity contribution is 6.31. The number of halogens is 4. The van der Waals surface area contributed by atoms with E-state index in [4.69, 9.17) is 21.1 Å². The van der Waals surface area contributed by atoms with Gasteiger partial charge in [-0.1, -0.05) is 16.8 Å². The van der Waals surface area contributed by atoms with Crippen molar-refractivity contribution < 1.29 is 42.8 Å². The van der Waals surface area contributed by atoms with Gasteiger partial charge in [0.25, 0.3) is 5.91 Å². The van der Waals surface area contributed by atoms with Crippen LogP contribution in [0.1, 0.15) is 30.9 Å². The number of amides is 1. The Morgan fingerprint density at radius 3 is 2.48 bits per heavy atom. The molecule has 226 valence electrons. The number of aromatic nitrogens is 3. The first kappa shape index (κ1) is 30.4. The van der Waals surface area contributed by atoms with Crippen LogP contribution in [0.15, 0.2) is 36.5 Å². The van der Waals surface area contributed by atoms with Crippen LogP contribution in [0, 0.1) is 24.4 Å². The molecule has 1 aliphatic heterocycles. The van der Waals surface area contributed by atoms with E-state index in [-0.39, 0.29) is 11.3 Å². The van der Waals surface area contributed by atoms with Crippen molar-refractivity contribution in [2.45, 2.75) is 68.8 Å². The number of hydrogen-bond donors (Lipinski definition) is 3. The molecule has 1 saturated heterocycles. The number of hydrogen-bond acceptors (Lipinski definition) is 8. The van der Waals surface area contributed by atoms with Crippen molar-refractivity contribution in [3.05, 3.63) is 64.6 Å². The third kappa shape index (κ3) is 5.64. The number of aliphatic hydroxyl groups is 3. The van der Waals surface area contributed by atoms with Crippen molar-refractivity contribution in [3.8, 4) is 11.3 Å². The van der Waals surface area contributed by atoms with Crippen LogP contribution in [0.4, 0.5) is 18.9 Å². The van der Waals surface area contributed by atoms with E-state index in [2.05, 4.69) is 10.3 Å². The molecule has 10 nitrogen and oxygen atoms in total. The highest BCUT2D eigenvalue weighted by Crippen LogP contribution is 2.37. The lowest BCUT2D eigenvalue weighted by Gasteiger charge is -2.45. The largest absolute Gasteiger partial charge is 0.394 e. The monoisotopic (exact) mass is 610 g/mol. The highest BCUT2D eigenvalue weighted by atomic mass is 35.5. The molecule has 2 heterocycles. The molecule has 42 heavy (non-hydrogen) atoms. The molecule has 2 fully saturated rings. The van der Waals surface area contributed by atoms with Crippen LogP contribution in [0.3, 0.4) is 0 Å². The minimum Gasteiger partial charge on any atom is -0.394 e. The summed E-state index contributed by atoms with van der Waals surface area (Å²) >= 11 is 6.32. The standard InChI is InChI=1S/C28H30ClF3N4O6/c1-13-6-15(29)10-16(7-13)36(20-4-3-5-21(20)38)28(40)27-26(41-2)24(25(39)22(12-37)42-27)35-11-19(33-34-35)14-8-17(30)23(32)18(31)9-14/h6-11,20-22,24-27,37-39H,3-5,12H2,1-2H3/t20-,21-,22?,24?,25?,26?,27?/m0/s1. The van der Waals surface area contributed by atoms with Crippen LogP contribution < -0.4 is 4.90 Å². The van der Waals surface area contributed by atoms with E-state index in [1.807, 2.05) is 6.92 Å². The molecule has 1 aliphatic carbocycles. The van der Waals surface area contributed by atoms with E-state index in [1.54, 1.807) is 18.2 Å². The van der Waals surface area contributed by atoms with Crippen LogP contribution in [0.5, 0.6) is 0 Å². The van der Waals surface area contributed by atoms with Crippen LogP contribution >= 0.6 is 11.6 Å². The molecular formula is C28H30ClF3N4O6. The SMILES string of the molecule is COC1C(C(=O)N(c2cc(C)cc(Cl)c2)[C@H]2CCC[C@@H]2O)OC(CO)C(O)C1n1cc(-c2cc(F)c(F)c(F)c2)nn1. The van der Waals surface area contributed by atoms with E-state index in [0.717, 1.165) is 22.4 Å². The van der Waals surface area contributed by atoms with Gasteiger partial charge in [-0.25, -0.2) is 17.9 Å². The summed E-state index contributed by atoms with van der Waals surface area (Å²) in [6.45, 7) is 1.14. The van der Waals surface area contributed by atoms with Crippen LogP contribution in [-0.2, 0) is 14.3 Å². The summed E-state index contributed by atoms with van der Waals surface area (Å²) in [6.07, 6.45) is -3.21. The molecular weight excluding hydrogens is 581 g/mol. The van der Waals surface area contributed by atoms with Crippen LogP contribution in [-0.4, -0.2) is 86.5 Å². The predicted octanol–water partition coefficient (Wildman–Crippen LogP) is 2.95. The Morgan fingerprint density at radius 2 is 1.88 bits per heavy atom. The topological polar surface area (TPSA) is 130 Å². The molecule has 1 aromatic heterocycles. The number of aliphatic hydroxyl groups excluding tert-OH is 3. The smallest absolute Gasteiger partial charge is 0.259 e. The molecule has 1 saturated carbocycles. The van der Waals surface area contributed by atoms with Gasteiger partial charge in [-0.05, 0) is 62.1 Å². The Kier molecular flexibility index (Phi) is 8.88. The van der Waals surface area contributed by atoms with Gasteiger partial charge in [0.2, 0.25) is 0 Å². The zero-order valence-corrected chi connectivity index (χ0v) is 23.5. The van der Waals surface area contributed by atoms with Crippen molar-refractivity contribution in [1.82, 2.24) is 15.0 Å². The zero-order valence-electron chi connectivity index (χ0n) is 22.7. The van der Waals surface area contributed by atoms with E-state index in [1.165, 1.54) is 18.2 Å². The summed E-state index contributed by atoms with van der Waals surface area (Å²) < 4.78 is 54.0. The minimum absolute atomic E-state index is 0.0464. The lowest BCUT2D eigenvalue weighted by molar-refractivity contribution is -0.211. The molecule has 0 radical (unpaired) electrons. The third-order valence-corrected chi connectivity index (χ3v) is 8.01. The van der Waals surface area contributed by atoms with Crippen molar-refractivity contribution in [3.63, 3.8) is 0 Å². The number of carbonyl (C=O) groups is 1. The molecule has 14 heteroatoms. The average molecular weight is 611 g/mol. The van der Waals surface area contributed by atoms with E-state index >= 15 is 0 Å². The molecule has 0 bridgehead atoms. The lowest BCUT2D eigenvalue weighted by atomic mass is 9.91. The fourth-order valence-electron chi connectivity index (χ4n) is 5.81. The fraction of sp³-hybridized carbons (Fsp3) is 0.464. The van der Waals surface area contributed by atoms with Gasteiger partial charge in [-0.15, -0.1) is 5.10 Å². The number of rotatable bonds is 7. The third-order valence-electron chi connectivity index (χ3n) is 7.80. The Morgan fingerprint density at radius 1 is 1.17 bits per heavy atom. The molecule has 1 amide bonds. The second-order valence-electron chi connectivity index (χ2n) is 10.6. The molecule has 5 unspecified atom stereocenters. The number of methoxy groups -OCH3 is 1. The summed E-state index contributed by atoms with van der Waals surface area (Å²) in [5.41, 5.74) is 1.05. The van der Waals surface area contributed by atoms with Crippen LogP contribution in [0.2, 0.25) is 5.02 Å². The molecule has 3 N–H and O–H groups in total. The maximum atomic E-state index is 14.3. The summed E-state index contributed by atoms with van der Waals surface area (Å²) in [6, 6.07) is 4.81. The number of aryl methyl sites for hydroxylation is 1. The second-order valence-corrected chi connectivity index (χ2v) is 11.0. The van der Waals surface area contributed by atoms with Gasteiger partial charge in [0.15, 0.2) is 23.6 Å². The fourth-order valence-corrected chi connectivity index (χ4v) is 6.10. The first-order chi connectivity index (χ1) is 20.0. The number of nitrogens with zero attached hydrogens (tertiary/aromatic N) is 4. The zero-order chi connectivity index (χ0) is 30.3. The van der Waals surface area contributed by atoms with Gasteiger partial charge < -0.3 is 29.7 Å². The van der Waals surface area contributed by atoms with E-state index < -0.39 is 72.6 Å². The Bertz CT molecular complexity index is 1420. The molecule has 5 rings (SSSR count). The van der Waals surface area contributed by atoms with Gasteiger partial charge in [-0.2, -0.15) is 0 Å². The number of ether oxygens (including phenoxy) is 2.